The molecule has 8 heteroatoms. The summed E-state index contributed by atoms with van der Waals surface area (Å²) in [6.07, 6.45) is 5.63. The number of amides is 3. The number of benzene rings is 2. The molecule has 1 aliphatic heterocycles. The third kappa shape index (κ3) is 6.41. The standard InChI is InChI=1S/C27H35N5O3/c1-30-16-18-31(19-17-30)27(34)32(15-5-3-2-4-6-26(33)29-35)24-10-7-21(8-11-24)22-9-12-25-23(20-22)13-14-28-25/h7-14,20,28,35H,2-6,15-19H2,1H3,(H,29,33). The molecule has 3 amide bonds. The summed E-state index contributed by atoms with van der Waals surface area (Å²) >= 11 is 0. The Hall–Kier alpha value is -3.36. The molecule has 8 nitrogen and oxygen atoms in total. The first-order valence-corrected chi connectivity index (χ1v) is 12.4. The number of rotatable bonds is 9. The Morgan fingerprint density at radius 2 is 1.66 bits per heavy atom. The highest BCUT2D eigenvalue weighted by Gasteiger charge is 2.25. The van der Waals surface area contributed by atoms with E-state index < -0.39 is 0 Å². The average Bonchev–Trinajstić information content (AvgIpc) is 3.36. The zero-order valence-corrected chi connectivity index (χ0v) is 20.4. The molecule has 35 heavy (non-hydrogen) atoms. The second-order valence-corrected chi connectivity index (χ2v) is 9.25. The predicted molar refractivity (Wildman–Crippen MR) is 139 cm³/mol. The molecule has 0 unspecified atom stereocenters. The van der Waals surface area contributed by atoms with Crippen LogP contribution in [0.15, 0.2) is 54.7 Å². The maximum Gasteiger partial charge on any atom is 0.324 e. The molecule has 186 valence electrons. The van der Waals surface area contributed by atoms with Crippen LogP contribution in [0.25, 0.3) is 22.0 Å². The van der Waals surface area contributed by atoms with E-state index in [0.717, 1.165) is 74.2 Å². The van der Waals surface area contributed by atoms with Crippen LogP contribution in [0.5, 0.6) is 0 Å². The lowest BCUT2D eigenvalue weighted by molar-refractivity contribution is -0.129. The van der Waals surface area contributed by atoms with Crippen molar-refractivity contribution in [1.82, 2.24) is 20.3 Å². The summed E-state index contributed by atoms with van der Waals surface area (Å²) in [5, 5.41) is 9.79. The van der Waals surface area contributed by atoms with Crippen molar-refractivity contribution in [1.29, 1.82) is 0 Å². The van der Waals surface area contributed by atoms with Crippen molar-refractivity contribution in [3.05, 3.63) is 54.7 Å². The number of aromatic nitrogens is 1. The van der Waals surface area contributed by atoms with Crippen molar-refractivity contribution in [2.24, 2.45) is 0 Å². The van der Waals surface area contributed by atoms with E-state index in [4.69, 9.17) is 5.21 Å². The highest BCUT2D eigenvalue weighted by molar-refractivity contribution is 5.92. The van der Waals surface area contributed by atoms with Gasteiger partial charge in [0.1, 0.15) is 0 Å². The number of carbonyl (C=O) groups excluding carboxylic acids is 2. The summed E-state index contributed by atoms with van der Waals surface area (Å²) in [5.74, 6) is -0.354. The molecule has 4 rings (SSSR count). The van der Waals surface area contributed by atoms with Gasteiger partial charge in [-0.05, 0) is 66.7 Å². The highest BCUT2D eigenvalue weighted by Crippen LogP contribution is 2.27. The molecule has 1 fully saturated rings. The second kappa shape index (κ2) is 11.9. The fourth-order valence-corrected chi connectivity index (χ4v) is 4.54. The number of hydroxylamine groups is 1. The van der Waals surface area contributed by atoms with E-state index in [9.17, 15) is 9.59 Å². The molecule has 1 aromatic heterocycles. The van der Waals surface area contributed by atoms with E-state index in [-0.39, 0.29) is 11.9 Å². The van der Waals surface area contributed by atoms with E-state index in [1.165, 1.54) is 5.39 Å². The highest BCUT2D eigenvalue weighted by atomic mass is 16.5. The number of anilines is 1. The Kier molecular flexibility index (Phi) is 8.39. The molecule has 3 N–H and O–H groups in total. The van der Waals surface area contributed by atoms with Crippen LogP contribution in [0.3, 0.4) is 0 Å². The minimum absolute atomic E-state index is 0.0549. The van der Waals surface area contributed by atoms with Crippen LogP contribution in [0.2, 0.25) is 0 Å². The number of hydrogen-bond acceptors (Lipinski definition) is 4. The monoisotopic (exact) mass is 477 g/mol. The van der Waals surface area contributed by atoms with Crippen LogP contribution in [-0.2, 0) is 4.79 Å². The molecule has 1 aliphatic rings. The number of nitrogens with zero attached hydrogens (tertiary/aromatic N) is 3. The van der Waals surface area contributed by atoms with Crippen LogP contribution >= 0.6 is 0 Å². The van der Waals surface area contributed by atoms with Gasteiger partial charge >= 0.3 is 6.03 Å². The lowest BCUT2D eigenvalue weighted by Gasteiger charge is -2.36. The van der Waals surface area contributed by atoms with Gasteiger partial charge in [-0.1, -0.05) is 31.0 Å². The number of H-pyrrole nitrogens is 1. The first-order chi connectivity index (χ1) is 17.0. The van der Waals surface area contributed by atoms with Crippen LogP contribution in [0, 0.1) is 0 Å². The largest absolute Gasteiger partial charge is 0.361 e. The van der Waals surface area contributed by atoms with Crippen molar-refractivity contribution >= 4 is 28.5 Å². The van der Waals surface area contributed by atoms with Gasteiger partial charge in [-0.15, -0.1) is 0 Å². The molecule has 0 spiro atoms. The minimum Gasteiger partial charge on any atom is -0.361 e. The van der Waals surface area contributed by atoms with E-state index >= 15 is 0 Å². The van der Waals surface area contributed by atoms with Crippen molar-refractivity contribution in [2.75, 3.05) is 44.7 Å². The normalized spacial score (nSPS) is 14.3. The van der Waals surface area contributed by atoms with Gasteiger partial charge in [0.15, 0.2) is 0 Å². The number of piperazine rings is 1. The van der Waals surface area contributed by atoms with Gasteiger partial charge < -0.3 is 14.8 Å². The van der Waals surface area contributed by atoms with Crippen molar-refractivity contribution in [3.63, 3.8) is 0 Å². The molecule has 2 aromatic carbocycles. The number of unbranched alkanes of at least 4 members (excludes halogenated alkanes) is 3. The van der Waals surface area contributed by atoms with E-state index in [0.29, 0.717) is 13.0 Å². The molecular weight excluding hydrogens is 442 g/mol. The Balaban J connectivity index is 1.44. The third-order valence-electron chi connectivity index (χ3n) is 6.73. The maximum atomic E-state index is 13.5. The van der Waals surface area contributed by atoms with Gasteiger partial charge in [0.25, 0.3) is 0 Å². The van der Waals surface area contributed by atoms with Crippen molar-refractivity contribution < 1.29 is 14.8 Å². The number of aromatic amines is 1. The van der Waals surface area contributed by atoms with Crippen LogP contribution < -0.4 is 10.4 Å². The summed E-state index contributed by atoms with van der Waals surface area (Å²) in [7, 11) is 2.08. The number of likely N-dealkylation sites (N-methyl/N-ethyl adjacent to an activating group) is 1. The molecular formula is C27H35N5O3. The zero-order valence-electron chi connectivity index (χ0n) is 20.4. The topological polar surface area (TPSA) is 91.9 Å². The number of nitrogens with one attached hydrogen (secondary N) is 2. The summed E-state index contributed by atoms with van der Waals surface area (Å²) in [6, 6.07) is 16.7. The Morgan fingerprint density at radius 3 is 2.40 bits per heavy atom. The number of carbonyl (C=O) groups is 2. The molecule has 2 heterocycles. The molecule has 0 saturated carbocycles. The summed E-state index contributed by atoms with van der Waals surface area (Å²) < 4.78 is 0. The average molecular weight is 478 g/mol. The fourth-order valence-electron chi connectivity index (χ4n) is 4.54. The van der Waals surface area contributed by atoms with Gasteiger partial charge in [0.05, 0.1) is 0 Å². The van der Waals surface area contributed by atoms with Crippen LogP contribution in [0.1, 0.15) is 32.1 Å². The van der Waals surface area contributed by atoms with Crippen molar-refractivity contribution in [2.45, 2.75) is 32.1 Å². The van der Waals surface area contributed by atoms with E-state index in [1.807, 2.05) is 28.1 Å². The number of fused-ring (bicyclic) bond motifs is 1. The summed E-state index contributed by atoms with van der Waals surface area (Å²) in [4.78, 5) is 34.0. The lowest BCUT2D eigenvalue weighted by atomic mass is 10.0. The molecule has 0 radical (unpaired) electrons. The zero-order chi connectivity index (χ0) is 24.6. The van der Waals surface area contributed by atoms with Gasteiger partial charge in [-0.2, -0.15) is 0 Å². The van der Waals surface area contributed by atoms with Gasteiger partial charge in [-0.3, -0.25) is 14.9 Å². The molecule has 0 bridgehead atoms. The minimum atomic E-state index is -0.354. The second-order valence-electron chi connectivity index (χ2n) is 9.25. The van der Waals surface area contributed by atoms with Crippen LogP contribution in [-0.4, -0.2) is 71.7 Å². The smallest absolute Gasteiger partial charge is 0.324 e. The molecule has 0 aliphatic carbocycles. The Labute approximate surface area is 206 Å². The molecule has 0 atom stereocenters. The van der Waals surface area contributed by atoms with Crippen molar-refractivity contribution in [3.8, 4) is 11.1 Å². The first kappa shape index (κ1) is 24.8. The SMILES string of the molecule is CN1CCN(C(=O)N(CCCCCCC(=O)NO)c2ccc(-c3ccc4[nH]ccc4c3)cc2)CC1. The fraction of sp³-hybridized carbons (Fsp3) is 0.407. The number of urea groups is 1. The predicted octanol–water partition coefficient (Wildman–Crippen LogP) is 4.46. The van der Waals surface area contributed by atoms with Gasteiger partial charge in [0.2, 0.25) is 5.91 Å². The first-order valence-electron chi connectivity index (χ1n) is 12.4. The lowest BCUT2D eigenvalue weighted by Crippen LogP contribution is -2.52. The molecule has 3 aromatic rings. The van der Waals surface area contributed by atoms with E-state index in [2.05, 4.69) is 53.3 Å². The number of hydrogen-bond donors (Lipinski definition) is 3. The summed E-state index contributed by atoms with van der Waals surface area (Å²) in [5.41, 5.74) is 5.95. The van der Waals surface area contributed by atoms with Gasteiger partial charge in [0, 0.05) is 56.5 Å². The summed E-state index contributed by atoms with van der Waals surface area (Å²) in [6.45, 7) is 3.86. The quantitative estimate of drug-likeness (QED) is 0.241. The Bertz CT molecular complexity index is 1120. The maximum absolute atomic E-state index is 13.5. The molecule has 1 saturated heterocycles. The van der Waals surface area contributed by atoms with E-state index in [1.54, 1.807) is 5.48 Å². The van der Waals surface area contributed by atoms with Crippen LogP contribution in [0.4, 0.5) is 10.5 Å². The third-order valence-corrected chi connectivity index (χ3v) is 6.73. The van der Waals surface area contributed by atoms with Gasteiger partial charge in [-0.25, -0.2) is 10.3 Å². The Morgan fingerprint density at radius 1 is 0.943 bits per heavy atom.